The fraction of sp³-hybridized carbons (Fsp3) is 0.217. The van der Waals surface area contributed by atoms with E-state index in [-0.39, 0.29) is 12.5 Å². The first kappa shape index (κ1) is 21.2. The maximum absolute atomic E-state index is 12.9. The number of hydrazine groups is 1. The maximum Gasteiger partial charge on any atom is 0.341 e. The number of hydrogen-bond donors (Lipinski definition) is 2. The number of unbranched alkanes of at least 4 members (excludes halogenated alkanes) is 1. The van der Waals surface area contributed by atoms with Crippen molar-refractivity contribution in [3.8, 4) is 11.5 Å². The van der Waals surface area contributed by atoms with E-state index in [1.54, 1.807) is 29.5 Å². The molecule has 6 nitrogen and oxygen atoms in total. The lowest BCUT2D eigenvalue weighted by Gasteiger charge is -2.22. The van der Waals surface area contributed by atoms with Crippen LogP contribution in [-0.4, -0.2) is 11.9 Å². The third kappa shape index (κ3) is 5.37. The Hall–Kier alpha value is -3.03. The molecule has 2 heterocycles. The number of anilines is 1. The number of ether oxygens (including phenoxy) is 1. The summed E-state index contributed by atoms with van der Waals surface area (Å²) in [6.45, 7) is 0.284. The van der Waals surface area contributed by atoms with E-state index in [4.69, 9.17) is 16.3 Å². The molecular formula is C23H22ClN3O3S. The molecule has 0 bridgehead atoms. The van der Waals surface area contributed by atoms with Crippen LogP contribution in [0.1, 0.15) is 29.7 Å². The smallest absolute Gasteiger partial charge is 0.341 e. The molecule has 3 aromatic rings. The van der Waals surface area contributed by atoms with Gasteiger partial charge in [-0.25, -0.2) is 10.2 Å². The standard InChI is InChI=1S/C23H22ClN3O3S/c24-17-11-12-21-19(14-17)27(15-16-6-1-3-9-20(16)30-21)23(29)26-25-22(28)10-4-2-7-18-8-5-13-31-18/h1,3,5-6,8-9,11-14H,2,4,7,10,15H2,(H,25,28)(H,26,29). The number of aryl methyl sites for hydroxylation is 1. The number of benzene rings is 2. The average molecular weight is 456 g/mol. The Kier molecular flexibility index (Phi) is 6.74. The normalized spacial score (nSPS) is 12.2. The third-order valence-corrected chi connectivity index (χ3v) is 6.12. The van der Waals surface area contributed by atoms with E-state index in [1.807, 2.05) is 30.3 Å². The Morgan fingerprint density at radius 1 is 1.03 bits per heavy atom. The Bertz CT molecular complexity index is 1070. The number of carbonyl (C=O) groups excluding carboxylic acids is 2. The van der Waals surface area contributed by atoms with Crippen molar-refractivity contribution in [2.24, 2.45) is 0 Å². The Morgan fingerprint density at radius 3 is 2.74 bits per heavy atom. The minimum Gasteiger partial charge on any atom is -0.455 e. The van der Waals surface area contributed by atoms with Crippen molar-refractivity contribution in [3.05, 3.63) is 75.4 Å². The number of nitrogens with zero attached hydrogens (tertiary/aromatic N) is 1. The van der Waals surface area contributed by atoms with Crippen LogP contribution in [0, 0.1) is 0 Å². The maximum atomic E-state index is 12.9. The van der Waals surface area contributed by atoms with Crippen molar-refractivity contribution >= 4 is 40.6 Å². The van der Waals surface area contributed by atoms with E-state index in [0.29, 0.717) is 28.6 Å². The molecule has 4 rings (SSSR count). The molecule has 0 saturated heterocycles. The quantitative estimate of drug-likeness (QED) is 0.384. The summed E-state index contributed by atoms with van der Waals surface area (Å²) in [7, 11) is 0. The molecule has 1 aliphatic rings. The van der Waals surface area contributed by atoms with Crippen LogP contribution in [0.25, 0.3) is 0 Å². The van der Waals surface area contributed by atoms with Crippen molar-refractivity contribution < 1.29 is 14.3 Å². The lowest BCUT2D eigenvalue weighted by atomic mass is 10.1. The molecule has 3 amide bonds. The number of rotatable bonds is 5. The SMILES string of the molecule is O=C(CCCCc1cccs1)NNC(=O)N1Cc2ccccc2Oc2ccc(Cl)cc21. The first-order valence-corrected chi connectivity index (χ1v) is 11.3. The molecule has 0 fully saturated rings. The van der Waals surface area contributed by atoms with E-state index in [0.717, 1.165) is 24.8 Å². The number of para-hydroxylation sites is 1. The number of hydrogen-bond acceptors (Lipinski definition) is 4. The number of urea groups is 1. The minimum atomic E-state index is -0.462. The summed E-state index contributed by atoms with van der Waals surface area (Å²) in [4.78, 5) is 27.9. The van der Waals surface area contributed by atoms with Gasteiger partial charge < -0.3 is 4.74 Å². The molecule has 0 saturated carbocycles. The number of nitrogens with one attached hydrogen (secondary N) is 2. The van der Waals surface area contributed by atoms with Crippen molar-refractivity contribution in [1.29, 1.82) is 0 Å². The highest BCUT2D eigenvalue weighted by Crippen LogP contribution is 2.40. The zero-order valence-electron chi connectivity index (χ0n) is 16.8. The first-order valence-electron chi connectivity index (χ1n) is 10.0. The van der Waals surface area contributed by atoms with Gasteiger partial charge >= 0.3 is 6.03 Å². The van der Waals surface area contributed by atoms with Gasteiger partial charge in [-0.1, -0.05) is 35.9 Å². The van der Waals surface area contributed by atoms with Gasteiger partial charge in [0.2, 0.25) is 5.91 Å². The predicted octanol–water partition coefficient (Wildman–Crippen LogP) is 5.67. The van der Waals surface area contributed by atoms with Crippen LogP contribution in [0.2, 0.25) is 5.02 Å². The number of halogens is 1. The van der Waals surface area contributed by atoms with Gasteiger partial charge in [-0.15, -0.1) is 11.3 Å². The van der Waals surface area contributed by atoms with Crippen LogP contribution in [0.15, 0.2) is 60.0 Å². The lowest BCUT2D eigenvalue weighted by Crippen LogP contribution is -2.48. The van der Waals surface area contributed by atoms with Crippen LogP contribution < -0.4 is 20.5 Å². The zero-order valence-corrected chi connectivity index (χ0v) is 18.3. The first-order chi connectivity index (χ1) is 15.1. The summed E-state index contributed by atoms with van der Waals surface area (Å²) < 4.78 is 5.99. The molecular weight excluding hydrogens is 434 g/mol. The molecule has 1 aromatic heterocycles. The summed E-state index contributed by atoms with van der Waals surface area (Å²) >= 11 is 7.89. The van der Waals surface area contributed by atoms with Gasteiger partial charge in [0.25, 0.3) is 0 Å². The monoisotopic (exact) mass is 455 g/mol. The van der Waals surface area contributed by atoms with Crippen molar-refractivity contribution in [3.63, 3.8) is 0 Å². The van der Waals surface area contributed by atoms with Gasteiger partial charge in [-0.05, 0) is 55.0 Å². The van der Waals surface area contributed by atoms with Crippen molar-refractivity contribution in [2.75, 3.05) is 4.90 Å². The number of carbonyl (C=O) groups is 2. The summed E-state index contributed by atoms with van der Waals surface area (Å²) in [5.41, 5.74) is 6.41. The molecule has 0 atom stereocenters. The van der Waals surface area contributed by atoms with Crippen LogP contribution in [-0.2, 0) is 17.8 Å². The van der Waals surface area contributed by atoms with Crippen LogP contribution >= 0.6 is 22.9 Å². The van der Waals surface area contributed by atoms with Crippen molar-refractivity contribution in [2.45, 2.75) is 32.2 Å². The molecule has 160 valence electrons. The predicted molar refractivity (Wildman–Crippen MR) is 123 cm³/mol. The highest BCUT2D eigenvalue weighted by Gasteiger charge is 2.26. The van der Waals surface area contributed by atoms with Gasteiger partial charge in [0.15, 0.2) is 5.75 Å². The molecule has 0 spiro atoms. The summed E-state index contributed by atoms with van der Waals surface area (Å²) in [6.07, 6.45) is 2.99. The van der Waals surface area contributed by atoms with Gasteiger partial charge in [0.05, 0.1) is 12.2 Å². The van der Waals surface area contributed by atoms with E-state index in [1.165, 1.54) is 9.78 Å². The second-order valence-corrected chi connectivity index (χ2v) is 8.64. The van der Waals surface area contributed by atoms with Gasteiger partial charge in [0, 0.05) is 21.9 Å². The molecule has 2 N–H and O–H groups in total. The summed E-state index contributed by atoms with van der Waals surface area (Å²) in [6, 6.07) is 16.3. The van der Waals surface area contributed by atoms with Crippen LogP contribution in [0.4, 0.5) is 10.5 Å². The fourth-order valence-corrected chi connectivity index (χ4v) is 4.29. The van der Waals surface area contributed by atoms with E-state index >= 15 is 0 Å². The second-order valence-electron chi connectivity index (χ2n) is 7.17. The lowest BCUT2D eigenvalue weighted by molar-refractivity contribution is -0.121. The van der Waals surface area contributed by atoms with Gasteiger partial charge in [-0.2, -0.15) is 0 Å². The highest BCUT2D eigenvalue weighted by atomic mass is 35.5. The van der Waals surface area contributed by atoms with E-state index < -0.39 is 6.03 Å². The third-order valence-electron chi connectivity index (χ3n) is 4.94. The van der Waals surface area contributed by atoms with Gasteiger partial charge in [-0.3, -0.25) is 15.1 Å². The number of fused-ring (bicyclic) bond motifs is 2. The molecule has 0 unspecified atom stereocenters. The molecule has 0 radical (unpaired) electrons. The summed E-state index contributed by atoms with van der Waals surface area (Å²) in [5, 5.41) is 2.54. The zero-order chi connectivity index (χ0) is 21.6. The molecule has 31 heavy (non-hydrogen) atoms. The molecule has 8 heteroatoms. The Labute approximate surface area is 189 Å². The van der Waals surface area contributed by atoms with Crippen molar-refractivity contribution in [1.82, 2.24) is 10.9 Å². The molecule has 1 aliphatic heterocycles. The van der Waals surface area contributed by atoms with E-state index in [2.05, 4.69) is 22.3 Å². The molecule has 2 aromatic carbocycles. The number of thiophene rings is 1. The largest absolute Gasteiger partial charge is 0.455 e. The average Bonchev–Trinajstić information content (AvgIpc) is 3.23. The topological polar surface area (TPSA) is 70.7 Å². The van der Waals surface area contributed by atoms with Crippen LogP contribution in [0.5, 0.6) is 11.5 Å². The Morgan fingerprint density at radius 2 is 1.90 bits per heavy atom. The second kappa shape index (κ2) is 9.85. The fourth-order valence-electron chi connectivity index (χ4n) is 3.37. The van der Waals surface area contributed by atoms with E-state index in [9.17, 15) is 9.59 Å². The van der Waals surface area contributed by atoms with Gasteiger partial charge in [0.1, 0.15) is 5.75 Å². The molecule has 0 aliphatic carbocycles. The Balaban J connectivity index is 1.37. The van der Waals surface area contributed by atoms with Crippen LogP contribution in [0.3, 0.4) is 0 Å². The number of amides is 3. The highest BCUT2D eigenvalue weighted by molar-refractivity contribution is 7.09. The summed E-state index contributed by atoms with van der Waals surface area (Å²) in [5.74, 6) is 0.970. The minimum absolute atomic E-state index is 0.225.